The molecule has 0 heterocycles. The molecule has 3 aromatic rings. The zero-order chi connectivity index (χ0) is 18.7. The molecule has 3 aromatic carbocycles. The Balaban J connectivity index is 1.85. The molecule has 0 unspecified atom stereocenters. The predicted octanol–water partition coefficient (Wildman–Crippen LogP) is 4.48. The number of aliphatic imine (C=N–C) groups is 2. The third-order valence-corrected chi connectivity index (χ3v) is 5.01. The maximum absolute atomic E-state index is 11.0. The van der Waals surface area contributed by atoms with Crippen molar-refractivity contribution in [2.24, 2.45) is 9.98 Å². The Hall–Kier alpha value is -3.58. The van der Waals surface area contributed by atoms with Crippen LogP contribution in [0, 0.1) is 0 Å². The Bertz CT molecular complexity index is 1120. The average Bonchev–Trinajstić information content (AvgIpc) is 2.71. The first-order valence-corrected chi connectivity index (χ1v) is 8.74. The van der Waals surface area contributed by atoms with Crippen molar-refractivity contribution in [3.8, 4) is 0 Å². The van der Waals surface area contributed by atoms with Crippen molar-refractivity contribution in [2.75, 3.05) is 0 Å². The summed E-state index contributed by atoms with van der Waals surface area (Å²) in [4.78, 5) is 29.7. The van der Waals surface area contributed by atoms with Gasteiger partial charge in [0.2, 0.25) is 17.8 Å². The molecule has 0 radical (unpaired) electrons. The molecule has 0 saturated heterocycles. The summed E-state index contributed by atoms with van der Waals surface area (Å²) in [6, 6.07) is 20.3. The van der Waals surface area contributed by atoms with E-state index >= 15 is 0 Å². The van der Waals surface area contributed by atoms with Gasteiger partial charge in [-0.25, -0.2) is 9.59 Å². The zero-order valence-corrected chi connectivity index (χ0v) is 14.6. The maximum atomic E-state index is 11.0. The number of hydrogen-bond donors (Lipinski definition) is 0. The normalized spacial score (nSPS) is 17.2. The van der Waals surface area contributed by atoms with E-state index in [9.17, 15) is 9.59 Å². The number of aryl methyl sites for hydroxylation is 2. The first-order chi connectivity index (χ1) is 13.3. The quantitative estimate of drug-likeness (QED) is 0.502. The summed E-state index contributed by atoms with van der Waals surface area (Å²) in [7, 11) is 0. The molecule has 0 bridgehead atoms. The molecule has 0 atom stereocenters. The van der Waals surface area contributed by atoms with Gasteiger partial charge in [-0.2, -0.15) is 9.98 Å². The second-order valence-electron chi connectivity index (χ2n) is 6.49. The van der Waals surface area contributed by atoms with Crippen molar-refractivity contribution in [1.82, 2.24) is 0 Å². The maximum Gasteiger partial charge on any atom is 0.238 e. The van der Waals surface area contributed by atoms with Crippen molar-refractivity contribution >= 4 is 29.0 Å². The van der Waals surface area contributed by atoms with Gasteiger partial charge in [0.25, 0.3) is 0 Å². The fourth-order valence-corrected chi connectivity index (χ4v) is 3.74. The van der Waals surface area contributed by atoms with Crippen LogP contribution in [0.1, 0.15) is 22.3 Å². The van der Waals surface area contributed by atoms with Gasteiger partial charge in [0.1, 0.15) is 0 Å². The van der Waals surface area contributed by atoms with Crippen molar-refractivity contribution in [2.45, 2.75) is 18.5 Å². The lowest BCUT2D eigenvalue weighted by molar-refractivity contribution is 0.527. The first-order valence-electron chi connectivity index (χ1n) is 8.74. The Kier molecular flexibility index (Phi) is 4.35. The minimum Gasteiger partial charge on any atom is -0.211 e. The molecule has 0 N–H and O–H groups in total. The van der Waals surface area contributed by atoms with Crippen LogP contribution in [0.5, 0.6) is 0 Å². The van der Waals surface area contributed by atoms with Gasteiger partial charge in [0, 0.05) is 5.56 Å². The van der Waals surface area contributed by atoms with E-state index < -0.39 is 5.66 Å². The van der Waals surface area contributed by atoms with Crippen LogP contribution in [-0.4, -0.2) is 12.2 Å². The molecule has 0 spiro atoms. The van der Waals surface area contributed by atoms with E-state index in [2.05, 4.69) is 34.3 Å². The number of rotatable bonds is 5. The fraction of sp³-hybridized carbons (Fsp3) is 0.130. The molecule has 0 fully saturated rings. The molecule has 4 heteroatoms. The molecule has 1 aliphatic carbocycles. The van der Waals surface area contributed by atoms with E-state index in [0.717, 1.165) is 29.2 Å². The van der Waals surface area contributed by atoms with Crippen LogP contribution in [-0.2, 0) is 28.1 Å². The molecule has 130 valence electrons. The summed E-state index contributed by atoms with van der Waals surface area (Å²) >= 11 is 0. The summed E-state index contributed by atoms with van der Waals surface area (Å²) in [5.41, 5.74) is 2.88. The highest BCUT2D eigenvalue weighted by Crippen LogP contribution is 2.41. The monoisotopic (exact) mass is 352 g/mol. The second kappa shape index (κ2) is 6.97. The molecule has 4 rings (SSSR count). The Labute approximate surface area is 156 Å². The van der Waals surface area contributed by atoms with Crippen LogP contribution in [0.25, 0.3) is 16.8 Å². The van der Waals surface area contributed by atoms with Crippen molar-refractivity contribution in [3.05, 3.63) is 89.0 Å². The molecule has 0 amide bonds. The molecule has 0 saturated carbocycles. The highest BCUT2D eigenvalue weighted by Gasteiger charge is 2.34. The molecule has 0 aliphatic heterocycles. The molecular formula is C23H16N2O2. The summed E-state index contributed by atoms with van der Waals surface area (Å²) in [6.45, 7) is 0. The molecule has 1 aliphatic rings. The average molecular weight is 352 g/mol. The summed E-state index contributed by atoms with van der Waals surface area (Å²) in [6.07, 6.45) is 8.48. The van der Waals surface area contributed by atoms with E-state index in [0.29, 0.717) is 5.56 Å². The van der Waals surface area contributed by atoms with Gasteiger partial charge in [-0.1, -0.05) is 66.7 Å². The SMILES string of the molecule is O=C=NC1(N=C=O)C=Cc2c(CCc3ccccc3)ccc3cccc1c23. The van der Waals surface area contributed by atoms with Crippen LogP contribution < -0.4 is 0 Å². The third kappa shape index (κ3) is 2.94. The van der Waals surface area contributed by atoms with E-state index in [1.54, 1.807) is 18.2 Å². The first kappa shape index (κ1) is 16.9. The summed E-state index contributed by atoms with van der Waals surface area (Å²) < 4.78 is 0. The highest BCUT2D eigenvalue weighted by atomic mass is 16.1. The predicted molar refractivity (Wildman–Crippen MR) is 105 cm³/mol. The molecule has 27 heavy (non-hydrogen) atoms. The minimum atomic E-state index is -1.38. The third-order valence-electron chi connectivity index (χ3n) is 5.01. The summed E-state index contributed by atoms with van der Waals surface area (Å²) in [5, 5.41) is 1.98. The standard InChI is InChI=1S/C23H16N2O2/c26-15-24-23(25-16-27)14-13-20-18(10-9-17-5-2-1-3-6-17)11-12-19-7-4-8-21(23)22(19)20/h1-8,11-14H,9-10H2. The lowest BCUT2D eigenvalue weighted by atomic mass is 9.83. The molecular weight excluding hydrogens is 336 g/mol. The van der Waals surface area contributed by atoms with Crippen LogP contribution in [0.15, 0.2) is 76.7 Å². The van der Waals surface area contributed by atoms with E-state index in [1.165, 1.54) is 11.1 Å². The Morgan fingerprint density at radius 1 is 0.815 bits per heavy atom. The smallest absolute Gasteiger partial charge is 0.211 e. The van der Waals surface area contributed by atoms with E-state index in [4.69, 9.17) is 0 Å². The number of benzene rings is 3. The van der Waals surface area contributed by atoms with Crippen LogP contribution >= 0.6 is 0 Å². The largest absolute Gasteiger partial charge is 0.238 e. The van der Waals surface area contributed by atoms with Crippen LogP contribution in [0.3, 0.4) is 0 Å². The van der Waals surface area contributed by atoms with Gasteiger partial charge in [-0.05, 0) is 46.4 Å². The minimum absolute atomic E-state index is 0.700. The number of isocyanates is 2. The van der Waals surface area contributed by atoms with Crippen molar-refractivity contribution in [1.29, 1.82) is 0 Å². The zero-order valence-electron chi connectivity index (χ0n) is 14.6. The second-order valence-corrected chi connectivity index (χ2v) is 6.49. The van der Waals surface area contributed by atoms with Crippen LogP contribution in [0.4, 0.5) is 0 Å². The Morgan fingerprint density at radius 2 is 1.59 bits per heavy atom. The van der Waals surface area contributed by atoms with E-state index in [1.807, 2.05) is 42.5 Å². The van der Waals surface area contributed by atoms with Gasteiger partial charge in [0.05, 0.1) is 0 Å². The molecule has 4 nitrogen and oxygen atoms in total. The fourth-order valence-electron chi connectivity index (χ4n) is 3.74. The summed E-state index contributed by atoms with van der Waals surface area (Å²) in [5.74, 6) is 0. The van der Waals surface area contributed by atoms with Gasteiger partial charge in [-0.15, -0.1) is 0 Å². The Morgan fingerprint density at radius 3 is 2.33 bits per heavy atom. The molecule has 0 aromatic heterocycles. The van der Waals surface area contributed by atoms with Gasteiger partial charge in [-0.3, -0.25) is 0 Å². The topological polar surface area (TPSA) is 58.9 Å². The van der Waals surface area contributed by atoms with Crippen molar-refractivity contribution < 1.29 is 9.59 Å². The lowest BCUT2D eigenvalue weighted by Gasteiger charge is -2.26. The van der Waals surface area contributed by atoms with Crippen LogP contribution in [0.2, 0.25) is 0 Å². The number of nitrogens with zero attached hydrogens (tertiary/aromatic N) is 2. The lowest BCUT2D eigenvalue weighted by Crippen LogP contribution is -2.21. The van der Waals surface area contributed by atoms with E-state index in [-0.39, 0.29) is 0 Å². The number of hydrogen-bond acceptors (Lipinski definition) is 4. The number of carbonyl (C=O) groups excluding carboxylic acids is 2. The van der Waals surface area contributed by atoms with Gasteiger partial charge >= 0.3 is 0 Å². The van der Waals surface area contributed by atoms with Gasteiger partial charge < -0.3 is 0 Å². The van der Waals surface area contributed by atoms with Gasteiger partial charge in [0.15, 0.2) is 0 Å². The highest BCUT2D eigenvalue weighted by molar-refractivity contribution is 5.97. The van der Waals surface area contributed by atoms with Crippen molar-refractivity contribution in [3.63, 3.8) is 0 Å².